The van der Waals surface area contributed by atoms with Gasteiger partial charge in [0.15, 0.2) is 0 Å². The van der Waals surface area contributed by atoms with Crippen LogP contribution in [-0.2, 0) is 6.61 Å². The molecule has 0 unspecified atom stereocenters. The molecular weight excluding hydrogens is 286 g/mol. The van der Waals surface area contributed by atoms with Gasteiger partial charge in [-0.3, -0.25) is 5.10 Å². The summed E-state index contributed by atoms with van der Waals surface area (Å²) in [7, 11) is 1.91. The molecule has 118 valence electrons. The maximum Gasteiger partial charge on any atom is 0.129 e. The SMILES string of the molecule is CC.CNc1ccc2c(c1)OCc1cc(-c3cn[nH]c3)ccc1-2. The Hall–Kier alpha value is -2.75. The number of aromatic nitrogens is 2. The highest BCUT2D eigenvalue weighted by Crippen LogP contribution is 2.40. The van der Waals surface area contributed by atoms with Crippen molar-refractivity contribution in [1.82, 2.24) is 10.2 Å². The van der Waals surface area contributed by atoms with E-state index in [0.29, 0.717) is 6.61 Å². The van der Waals surface area contributed by atoms with Crippen LogP contribution in [0.2, 0.25) is 0 Å². The van der Waals surface area contributed by atoms with Gasteiger partial charge in [0.05, 0.1) is 6.20 Å². The Kier molecular flexibility index (Phi) is 4.33. The predicted octanol–water partition coefficient (Wildman–Crippen LogP) is 4.70. The van der Waals surface area contributed by atoms with Crippen molar-refractivity contribution >= 4 is 5.69 Å². The Balaban J connectivity index is 0.000000753. The summed E-state index contributed by atoms with van der Waals surface area (Å²) in [6.45, 7) is 4.60. The maximum atomic E-state index is 5.90. The first kappa shape index (κ1) is 15.2. The summed E-state index contributed by atoms with van der Waals surface area (Å²) in [4.78, 5) is 0. The Morgan fingerprint density at radius 1 is 1.04 bits per heavy atom. The van der Waals surface area contributed by atoms with Crippen molar-refractivity contribution in [2.45, 2.75) is 20.5 Å². The van der Waals surface area contributed by atoms with Gasteiger partial charge in [-0.2, -0.15) is 5.10 Å². The van der Waals surface area contributed by atoms with E-state index in [0.717, 1.165) is 28.1 Å². The lowest BCUT2D eigenvalue weighted by Crippen LogP contribution is -2.06. The monoisotopic (exact) mass is 307 g/mol. The van der Waals surface area contributed by atoms with Crippen molar-refractivity contribution in [3.05, 3.63) is 54.4 Å². The third-order valence-corrected chi connectivity index (χ3v) is 3.88. The van der Waals surface area contributed by atoms with Crippen LogP contribution >= 0.6 is 0 Å². The van der Waals surface area contributed by atoms with Crippen molar-refractivity contribution < 1.29 is 4.74 Å². The molecular formula is C19H21N3O. The molecule has 23 heavy (non-hydrogen) atoms. The van der Waals surface area contributed by atoms with Crippen LogP contribution in [0.5, 0.6) is 5.75 Å². The summed E-state index contributed by atoms with van der Waals surface area (Å²) >= 11 is 0. The number of anilines is 1. The molecule has 4 rings (SSSR count). The van der Waals surface area contributed by atoms with Crippen molar-refractivity contribution in [3.8, 4) is 28.0 Å². The molecule has 0 spiro atoms. The van der Waals surface area contributed by atoms with Crippen LogP contribution in [0.1, 0.15) is 19.4 Å². The minimum atomic E-state index is 0.598. The number of ether oxygens (including phenoxy) is 1. The lowest BCUT2D eigenvalue weighted by Gasteiger charge is -2.22. The van der Waals surface area contributed by atoms with E-state index >= 15 is 0 Å². The third-order valence-electron chi connectivity index (χ3n) is 3.88. The predicted molar refractivity (Wildman–Crippen MR) is 94.7 cm³/mol. The lowest BCUT2D eigenvalue weighted by molar-refractivity contribution is 0.302. The summed E-state index contributed by atoms with van der Waals surface area (Å²) in [5.74, 6) is 0.936. The Bertz CT molecular complexity index is 794. The zero-order valence-corrected chi connectivity index (χ0v) is 13.7. The van der Waals surface area contributed by atoms with Gasteiger partial charge < -0.3 is 10.1 Å². The molecule has 3 aromatic rings. The van der Waals surface area contributed by atoms with Crippen molar-refractivity contribution in [3.63, 3.8) is 0 Å². The zero-order chi connectivity index (χ0) is 16.2. The van der Waals surface area contributed by atoms with Crippen LogP contribution in [0, 0.1) is 0 Å². The highest BCUT2D eigenvalue weighted by atomic mass is 16.5. The van der Waals surface area contributed by atoms with Gasteiger partial charge >= 0.3 is 0 Å². The van der Waals surface area contributed by atoms with Crippen molar-refractivity contribution in [2.24, 2.45) is 0 Å². The second-order valence-corrected chi connectivity index (χ2v) is 5.11. The van der Waals surface area contributed by atoms with Crippen molar-refractivity contribution in [1.29, 1.82) is 0 Å². The topological polar surface area (TPSA) is 49.9 Å². The fraction of sp³-hybridized carbons (Fsp3) is 0.211. The van der Waals surface area contributed by atoms with E-state index in [9.17, 15) is 0 Å². The number of H-pyrrole nitrogens is 1. The fourth-order valence-electron chi connectivity index (χ4n) is 2.74. The first-order valence-corrected chi connectivity index (χ1v) is 7.92. The summed E-state index contributed by atoms with van der Waals surface area (Å²) < 4.78 is 5.90. The number of rotatable bonds is 2. The normalized spacial score (nSPS) is 11.4. The van der Waals surface area contributed by atoms with Crippen LogP contribution in [0.25, 0.3) is 22.3 Å². The lowest BCUT2D eigenvalue weighted by atomic mass is 9.94. The largest absolute Gasteiger partial charge is 0.488 e. The average molecular weight is 307 g/mol. The van der Waals surface area contributed by atoms with Gasteiger partial charge in [-0.05, 0) is 34.9 Å². The minimum absolute atomic E-state index is 0.598. The molecule has 0 saturated carbocycles. The molecule has 2 N–H and O–H groups in total. The second-order valence-electron chi connectivity index (χ2n) is 5.11. The first-order chi connectivity index (χ1) is 11.3. The number of fused-ring (bicyclic) bond motifs is 3. The molecule has 0 radical (unpaired) electrons. The summed E-state index contributed by atoms with van der Waals surface area (Å²) in [6, 6.07) is 12.7. The number of aromatic amines is 1. The molecule has 4 nitrogen and oxygen atoms in total. The van der Waals surface area contributed by atoms with E-state index in [1.807, 2.05) is 39.4 Å². The number of hydrogen-bond donors (Lipinski definition) is 2. The smallest absolute Gasteiger partial charge is 0.129 e. The minimum Gasteiger partial charge on any atom is -0.488 e. The first-order valence-electron chi connectivity index (χ1n) is 7.92. The second kappa shape index (κ2) is 6.57. The van der Waals surface area contributed by atoms with Crippen LogP contribution in [0.3, 0.4) is 0 Å². The van der Waals surface area contributed by atoms with E-state index in [1.165, 1.54) is 11.1 Å². The van der Waals surface area contributed by atoms with Crippen molar-refractivity contribution in [2.75, 3.05) is 12.4 Å². The quantitative estimate of drug-likeness (QED) is 0.721. The van der Waals surface area contributed by atoms with Gasteiger partial charge in [0.25, 0.3) is 0 Å². The number of nitrogens with one attached hydrogen (secondary N) is 2. The molecule has 0 amide bonds. The summed E-state index contributed by atoms with van der Waals surface area (Å²) in [6.07, 6.45) is 3.73. The number of hydrogen-bond acceptors (Lipinski definition) is 3. The van der Waals surface area contributed by atoms with Gasteiger partial charge in [-0.1, -0.05) is 26.0 Å². The van der Waals surface area contributed by atoms with E-state index in [4.69, 9.17) is 4.74 Å². The highest BCUT2D eigenvalue weighted by Gasteiger charge is 2.18. The molecule has 0 bridgehead atoms. The van der Waals surface area contributed by atoms with E-state index < -0.39 is 0 Å². The average Bonchev–Trinajstić information content (AvgIpc) is 3.17. The van der Waals surface area contributed by atoms with Gasteiger partial charge in [-0.15, -0.1) is 0 Å². The van der Waals surface area contributed by atoms with Crippen LogP contribution in [0.15, 0.2) is 48.8 Å². The molecule has 0 saturated heterocycles. The van der Waals surface area contributed by atoms with Gasteiger partial charge in [-0.25, -0.2) is 0 Å². The van der Waals surface area contributed by atoms with Gasteiger partial charge in [0, 0.05) is 36.1 Å². The van der Waals surface area contributed by atoms with Gasteiger partial charge in [0.2, 0.25) is 0 Å². The van der Waals surface area contributed by atoms with E-state index in [2.05, 4.69) is 45.8 Å². The standard InChI is InChI=1S/C17H15N3O.C2H6/c1-18-14-3-5-16-15-4-2-11(13-8-19-20-9-13)6-12(15)10-21-17(16)7-14;1-2/h2-9,18H,10H2,1H3,(H,19,20);1-2H3. The maximum absolute atomic E-state index is 5.90. The molecule has 1 aliphatic rings. The number of nitrogens with zero attached hydrogens (tertiary/aromatic N) is 1. The molecule has 0 aliphatic carbocycles. The Labute approximate surface area is 136 Å². The van der Waals surface area contributed by atoms with Crippen LogP contribution in [0.4, 0.5) is 5.69 Å². The van der Waals surface area contributed by atoms with Crippen LogP contribution < -0.4 is 10.1 Å². The summed E-state index contributed by atoms with van der Waals surface area (Å²) in [5.41, 5.74) is 6.90. The Morgan fingerprint density at radius 3 is 2.61 bits per heavy atom. The van der Waals surface area contributed by atoms with Crippen LogP contribution in [-0.4, -0.2) is 17.2 Å². The molecule has 0 fully saturated rings. The summed E-state index contributed by atoms with van der Waals surface area (Å²) in [5, 5.41) is 9.99. The Morgan fingerprint density at radius 2 is 1.87 bits per heavy atom. The van der Waals surface area contributed by atoms with Gasteiger partial charge in [0.1, 0.15) is 12.4 Å². The molecule has 2 heterocycles. The molecule has 1 aliphatic heterocycles. The zero-order valence-electron chi connectivity index (χ0n) is 13.7. The van der Waals surface area contributed by atoms with E-state index in [-0.39, 0.29) is 0 Å². The molecule has 4 heteroatoms. The third kappa shape index (κ3) is 2.80. The molecule has 1 aromatic heterocycles. The van der Waals surface area contributed by atoms with E-state index in [1.54, 1.807) is 0 Å². The number of benzene rings is 2. The molecule has 0 atom stereocenters. The fourth-order valence-corrected chi connectivity index (χ4v) is 2.74. The molecule has 2 aromatic carbocycles. The highest BCUT2D eigenvalue weighted by molar-refractivity contribution is 5.79.